The zero-order valence-electron chi connectivity index (χ0n) is 16.9. The van der Waals surface area contributed by atoms with Gasteiger partial charge in [0.05, 0.1) is 20.1 Å². The SMILES string of the molecule is COc1ccc(C(CCCCCOc2ccc3c(n2)NCCC3)CC(=O)O)cn1. The molecule has 2 N–H and O–H groups in total. The summed E-state index contributed by atoms with van der Waals surface area (Å²) in [6, 6.07) is 7.70. The van der Waals surface area contributed by atoms with Crippen LogP contribution in [0.15, 0.2) is 30.5 Å². The van der Waals surface area contributed by atoms with E-state index in [1.165, 1.54) is 5.56 Å². The Balaban J connectivity index is 1.41. The zero-order valence-corrected chi connectivity index (χ0v) is 16.9. The van der Waals surface area contributed by atoms with E-state index in [1.54, 1.807) is 19.4 Å². The predicted molar refractivity (Wildman–Crippen MR) is 111 cm³/mol. The molecule has 1 unspecified atom stereocenters. The van der Waals surface area contributed by atoms with Gasteiger partial charge in [0.2, 0.25) is 11.8 Å². The summed E-state index contributed by atoms with van der Waals surface area (Å²) in [7, 11) is 1.56. The van der Waals surface area contributed by atoms with E-state index < -0.39 is 5.97 Å². The quantitative estimate of drug-likeness (QED) is 0.551. The lowest BCUT2D eigenvalue weighted by Gasteiger charge is -2.17. The molecule has 29 heavy (non-hydrogen) atoms. The summed E-state index contributed by atoms with van der Waals surface area (Å²) in [5.74, 6) is 1.30. The molecule has 2 aromatic heterocycles. The number of ether oxygens (including phenoxy) is 2. The van der Waals surface area contributed by atoms with Crippen LogP contribution < -0.4 is 14.8 Å². The summed E-state index contributed by atoms with van der Waals surface area (Å²) in [6.45, 7) is 1.57. The molecule has 0 aliphatic carbocycles. The Kier molecular flexibility index (Phi) is 7.67. The van der Waals surface area contributed by atoms with Gasteiger partial charge in [-0.3, -0.25) is 4.79 Å². The second-order valence-electron chi connectivity index (χ2n) is 7.31. The average Bonchev–Trinajstić information content (AvgIpc) is 2.75. The van der Waals surface area contributed by atoms with E-state index in [0.717, 1.165) is 56.5 Å². The first-order valence-corrected chi connectivity index (χ1v) is 10.2. The highest BCUT2D eigenvalue weighted by atomic mass is 16.5. The molecule has 2 aromatic rings. The molecule has 1 atom stereocenters. The number of anilines is 1. The number of rotatable bonds is 11. The number of carbonyl (C=O) groups is 1. The molecular formula is C22H29N3O4. The largest absolute Gasteiger partial charge is 0.481 e. The predicted octanol–water partition coefficient (Wildman–Crippen LogP) is 4.04. The molecule has 1 aliphatic rings. The molecule has 0 amide bonds. The number of aliphatic carboxylic acids is 1. The van der Waals surface area contributed by atoms with Gasteiger partial charge < -0.3 is 19.9 Å². The maximum Gasteiger partial charge on any atom is 0.303 e. The van der Waals surface area contributed by atoms with E-state index in [1.807, 2.05) is 12.1 Å². The van der Waals surface area contributed by atoms with Crippen molar-refractivity contribution in [1.82, 2.24) is 9.97 Å². The van der Waals surface area contributed by atoms with Crippen LogP contribution in [0.4, 0.5) is 5.82 Å². The van der Waals surface area contributed by atoms with E-state index in [4.69, 9.17) is 9.47 Å². The highest BCUT2D eigenvalue weighted by Crippen LogP contribution is 2.27. The van der Waals surface area contributed by atoms with Crippen molar-refractivity contribution in [2.24, 2.45) is 0 Å². The number of nitrogens with one attached hydrogen (secondary N) is 1. The number of carboxylic acid groups (broad SMARTS) is 1. The van der Waals surface area contributed by atoms with Crippen LogP contribution in [-0.2, 0) is 11.2 Å². The first-order valence-electron chi connectivity index (χ1n) is 10.2. The third-order valence-electron chi connectivity index (χ3n) is 5.18. The van der Waals surface area contributed by atoms with E-state index in [-0.39, 0.29) is 12.3 Å². The first-order chi connectivity index (χ1) is 14.2. The van der Waals surface area contributed by atoms with Crippen molar-refractivity contribution in [3.8, 4) is 11.8 Å². The Morgan fingerprint density at radius 2 is 2.07 bits per heavy atom. The fourth-order valence-corrected chi connectivity index (χ4v) is 3.59. The van der Waals surface area contributed by atoms with Crippen molar-refractivity contribution >= 4 is 11.8 Å². The minimum atomic E-state index is -0.791. The summed E-state index contributed by atoms with van der Waals surface area (Å²) in [5.41, 5.74) is 2.19. The van der Waals surface area contributed by atoms with Gasteiger partial charge in [-0.2, -0.15) is 4.98 Å². The van der Waals surface area contributed by atoms with Crippen molar-refractivity contribution in [1.29, 1.82) is 0 Å². The number of nitrogens with zero attached hydrogens (tertiary/aromatic N) is 2. The van der Waals surface area contributed by atoms with Gasteiger partial charge in [0.1, 0.15) is 5.82 Å². The number of unbranched alkanes of at least 4 members (excludes halogenated alkanes) is 2. The Labute approximate surface area is 171 Å². The van der Waals surface area contributed by atoms with Crippen LogP contribution in [0.1, 0.15) is 55.6 Å². The third kappa shape index (κ3) is 6.34. The lowest BCUT2D eigenvalue weighted by molar-refractivity contribution is -0.137. The number of aryl methyl sites for hydroxylation is 1. The van der Waals surface area contributed by atoms with Crippen LogP contribution in [0.3, 0.4) is 0 Å². The van der Waals surface area contributed by atoms with Gasteiger partial charge in [-0.25, -0.2) is 4.98 Å². The zero-order chi connectivity index (χ0) is 20.5. The van der Waals surface area contributed by atoms with Crippen LogP contribution in [0.5, 0.6) is 11.8 Å². The smallest absolute Gasteiger partial charge is 0.303 e. The van der Waals surface area contributed by atoms with Crippen molar-refractivity contribution < 1.29 is 19.4 Å². The van der Waals surface area contributed by atoms with E-state index in [0.29, 0.717) is 18.4 Å². The lowest BCUT2D eigenvalue weighted by Crippen LogP contribution is -2.13. The maximum absolute atomic E-state index is 11.2. The highest BCUT2D eigenvalue weighted by Gasteiger charge is 2.16. The van der Waals surface area contributed by atoms with Crippen LogP contribution >= 0.6 is 0 Å². The number of fused-ring (bicyclic) bond motifs is 1. The molecule has 156 valence electrons. The second-order valence-corrected chi connectivity index (χ2v) is 7.31. The summed E-state index contributed by atoms with van der Waals surface area (Å²) >= 11 is 0. The monoisotopic (exact) mass is 399 g/mol. The van der Waals surface area contributed by atoms with Crippen molar-refractivity contribution in [3.63, 3.8) is 0 Å². The molecule has 3 heterocycles. The van der Waals surface area contributed by atoms with Gasteiger partial charge in [0.15, 0.2) is 0 Å². The number of pyridine rings is 2. The van der Waals surface area contributed by atoms with Crippen LogP contribution in [-0.4, -0.2) is 41.3 Å². The molecule has 3 rings (SSSR count). The molecule has 7 heteroatoms. The number of carboxylic acids is 1. The molecule has 7 nitrogen and oxygen atoms in total. The summed E-state index contributed by atoms with van der Waals surface area (Å²) in [6.07, 6.45) is 7.66. The van der Waals surface area contributed by atoms with Crippen molar-refractivity contribution in [3.05, 3.63) is 41.6 Å². The molecule has 1 aliphatic heterocycles. The topological polar surface area (TPSA) is 93.6 Å². The fraction of sp³-hybridized carbons (Fsp3) is 0.500. The molecule has 0 aromatic carbocycles. The molecule has 0 fully saturated rings. The Morgan fingerprint density at radius 3 is 2.83 bits per heavy atom. The molecule has 0 spiro atoms. The molecule has 0 saturated heterocycles. The van der Waals surface area contributed by atoms with Crippen molar-refractivity contribution in [2.75, 3.05) is 25.6 Å². The van der Waals surface area contributed by atoms with Gasteiger partial charge in [-0.05, 0) is 48.8 Å². The van der Waals surface area contributed by atoms with Gasteiger partial charge in [0.25, 0.3) is 0 Å². The lowest BCUT2D eigenvalue weighted by atomic mass is 9.91. The standard InChI is InChI=1S/C22H29N3O4/c1-28-19-10-9-18(15-24-19)17(14-21(26)27)6-3-2-4-13-29-20-11-8-16-7-5-12-23-22(16)25-20/h8-11,15,17H,2-7,12-14H2,1H3,(H,23,25)(H,26,27). The highest BCUT2D eigenvalue weighted by molar-refractivity contribution is 5.68. The Bertz CT molecular complexity index is 795. The molecule has 0 radical (unpaired) electrons. The molecule has 0 saturated carbocycles. The minimum absolute atomic E-state index is 0.0415. The normalized spacial score (nSPS) is 13.8. The van der Waals surface area contributed by atoms with Crippen molar-refractivity contribution in [2.45, 2.75) is 50.9 Å². The molecule has 0 bridgehead atoms. The minimum Gasteiger partial charge on any atom is -0.481 e. The van der Waals surface area contributed by atoms with Gasteiger partial charge in [-0.15, -0.1) is 0 Å². The fourth-order valence-electron chi connectivity index (χ4n) is 3.59. The van der Waals surface area contributed by atoms with Gasteiger partial charge >= 0.3 is 5.97 Å². The van der Waals surface area contributed by atoms with Gasteiger partial charge in [-0.1, -0.05) is 18.9 Å². The Morgan fingerprint density at radius 1 is 1.21 bits per heavy atom. The number of hydrogen-bond acceptors (Lipinski definition) is 6. The van der Waals surface area contributed by atoms with Crippen LogP contribution in [0.25, 0.3) is 0 Å². The number of methoxy groups -OCH3 is 1. The number of hydrogen-bond donors (Lipinski definition) is 2. The average molecular weight is 399 g/mol. The van der Waals surface area contributed by atoms with Crippen LogP contribution in [0, 0.1) is 0 Å². The molecular weight excluding hydrogens is 370 g/mol. The first kappa shape index (κ1) is 20.9. The summed E-state index contributed by atoms with van der Waals surface area (Å²) < 4.78 is 10.9. The summed E-state index contributed by atoms with van der Waals surface area (Å²) in [4.78, 5) is 20.0. The van der Waals surface area contributed by atoms with E-state index >= 15 is 0 Å². The van der Waals surface area contributed by atoms with E-state index in [2.05, 4.69) is 21.4 Å². The van der Waals surface area contributed by atoms with E-state index in [9.17, 15) is 9.90 Å². The second kappa shape index (κ2) is 10.6. The summed E-state index contributed by atoms with van der Waals surface area (Å²) in [5, 5.41) is 12.5. The van der Waals surface area contributed by atoms with Crippen LogP contribution in [0.2, 0.25) is 0 Å². The Hall–Kier alpha value is -2.83. The maximum atomic E-state index is 11.2. The number of aromatic nitrogens is 2. The third-order valence-corrected chi connectivity index (χ3v) is 5.18. The van der Waals surface area contributed by atoms with Gasteiger partial charge in [0, 0.05) is 24.9 Å².